The molecule has 9 heteroatoms. The summed E-state index contributed by atoms with van der Waals surface area (Å²) in [6.07, 6.45) is 9.66. The van der Waals surface area contributed by atoms with E-state index in [1.807, 2.05) is 13.0 Å². The number of H-pyrrole nitrogens is 1. The number of carbonyl (C=O) groups is 1. The number of pyridine rings is 1. The van der Waals surface area contributed by atoms with Gasteiger partial charge in [-0.3, -0.25) is 10.2 Å². The van der Waals surface area contributed by atoms with Crippen LogP contribution in [0.25, 0.3) is 0 Å². The second-order valence-electron chi connectivity index (χ2n) is 8.21. The number of benzene rings is 1. The Morgan fingerprint density at radius 2 is 1.97 bits per heavy atom. The van der Waals surface area contributed by atoms with Crippen LogP contribution in [0.2, 0.25) is 0 Å². The molecule has 6 N–H and O–H groups in total. The Labute approximate surface area is 199 Å². The Morgan fingerprint density at radius 1 is 1.21 bits per heavy atom. The van der Waals surface area contributed by atoms with E-state index in [-0.39, 0.29) is 29.1 Å². The van der Waals surface area contributed by atoms with Gasteiger partial charge in [0.1, 0.15) is 11.4 Å². The number of anilines is 3. The number of rotatable bonds is 9. The molecule has 0 bridgehead atoms. The van der Waals surface area contributed by atoms with Crippen LogP contribution in [-0.2, 0) is 9.53 Å². The Morgan fingerprint density at radius 3 is 2.65 bits per heavy atom. The summed E-state index contributed by atoms with van der Waals surface area (Å²) in [6.45, 7) is 3.82. The normalized spacial score (nSPS) is 14.2. The van der Waals surface area contributed by atoms with Crippen LogP contribution < -0.4 is 21.5 Å². The molecule has 0 atom stereocenters. The fraction of sp³-hybridized carbons (Fsp3) is 0.360. The summed E-state index contributed by atoms with van der Waals surface area (Å²) in [6, 6.07) is 7.52. The maximum Gasteiger partial charge on any atom is 0.341 e. The van der Waals surface area contributed by atoms with Crippen molar-refractivity contribution in [3.63, 3.8) is 0 Å². The average molecular weight is 465 g/mol. The quantitative estimate of drug-likeness (QED) is 0.141. The van der Waals surface area contributed by atoms with E-state index in [0.717, 1.165) is 30.3 Å². The molecule has 0 radical (unpaired) electrons. The maximum atomic E-state index is 12.6. The van der Waals surface area contributed by atoms with Gasteiger partial charge in [0.2, 0.25) is 0 Å². The zero-order valence-corrected chi connectivity index (χ0v) is 19.6. The van der Waals surface area contributed by atoms with E-state index in [1.54, 1.807) is 31.3 Å². The van der Waals surface area contributed by atoms with Crippen molar-refractivity contribution in [2.75, 3.05) is 22.6 Å². The maximum absolute atomic E-state index is 12.6. The third-order valence-corrected chi connectivity index (χ3v) is 5.72. The molecule has 0 spiro atoms. The monoisotopic (exact) mass is 464 g/mol. The number of amidine groups is 1. The highest BCUT2D eigenvalue weighted by molar-refractivity contribution is 6.10. The highest BCUT2D eigenvalue weighted by Crippen LogP contribution is 2.24. The predicted molar refractivity (Wildman–Crippen MR) is 136 cm³/mol. The molecule has 2 aromatic rings. The third kappa shape index (κ3) is 6.34. The predicted octanol–water partition coefficient (Wildman–Crippen LogP) is 4.37. The largest absolute Gasteiger partial charge is 0.462 e. The summed E-state index contributed by atoms with van der Waals surface area (Å²) in [4.78, 5) is 27.1. The van der Waals surface area contributed by atoms with Crippen molar-refractivity contribution in [1.29, 1.82) is 10.8 Å². The first-order valence-electron chi connectivity index (χ1n) is 11.5. The first-order chi connectivity index (χ1) is 16.4. The van der Waals surface area contributed by atoms with Crippen LogP contribution in [0.5, 0.6) is 0 Å². The molecule has 34 heavy (non-hydrogen) atoms. The van der Waals surface area contributed by atoms with Gasteiger partial charge in [0, 0.05) is 36.0 Å². The zero-order valence-electron chi connectivity index (χ0n) is 19.6. The number of nitrogens with one attached hydrogen (secondary N) is 6. The van der Waals surface area contributed by atoms with Gasteiger partial charge in [-0.05, 0) is 56.5 Å². The molecule has 1 aliphatic carbocycles. The van der Waals surface area contributed by atoms with E-state index in [1.165, 1.54) is 25.5 Å². The molecular weight excluding hydrogens is 432 g/mol. The van der Waals surface area contributed by atoms with E-state index in [4.69, 9.17) is 15.6 Å². The average Bonchev–Trinajstić information content (AvgIpc) is 2.81. The van der Waals surface area contributed by atoms with Gasteiger partial charge >= 0.3 is 5.97 Å². The molecular formula is C25H32N6O3. The van der Waals surface area contributed by atoms with E-state index < -0.39 is 5.97 Å². The Bertz CT molecular complexity index is 1130. The zero-order chi connectivity index (χ0) is 24.5. The first-order valence-corrected chi connectivity index (χ1v) is 11.5. The second-order valence-corrected chi connectivity index (χ2v) is 8.21. The summed E-state index contributed by atoms with van der Waals surface area (Å²) >= 11 is 0. The number of carbonyl (C=O) groups excluding carboxylic acids is 1. The van der Waals surface area contributed by atoms with E-state index in [9.17, 15) is 9.59 Å². The van der Waals surface area contributed by atoms with Crippen molar-refractivity contribution in [3.05, 3.63) is 63.7 Å². The molecule has 1 fully saturated rings. The number of aromatic nitrogens is 1. The summed E-state index contributed by atoms with van der Waals surface area (Å²) in [5, 5.41) is 25.5. The van der Waals surface area contributed by atoms with Crippen molar-refractivity contribution in [2.45, 2.75) is 52.0 Å². The van der Waals surface area contributed by atoms with Crippen molar-refractivity contribution in [3.8, 4) is 0 Å². The standard InChI is InChI=1S/C25H32N6O3/c1-3-34-25(33)17(14-26)15-29-20-10-9-19(13-16(20)2)31-23(27)22-21(11-12-28-24(22)32)30-18-7-5-4-6-8-18/h9-15,18,26,29H,3-8H2,1-2H3,(H2,27,31)(H2,28,30,32)/b17-15+,26-14?. The van der Waals surface area contributed by atoms with Crippen LogP contribution >= 0.6 is 0 Å². The molecule has 0 amide bonds. The molecule has 0 unspecified atom stereocenters. The molecule has 1 aliphatic rings. The lowest BCUT2D eigenvalue weighted by atomic mass is 9.95. The highest BCUT2D eigenvalue weighted by Gasteiger charge is 2.18. The minimum Gasteiger partial charge on any atom is -0.462 e. The van der Waals surface area contributed by atoms with Gasteiger partial charge in [-0.1, -0.05) is 19.3 Å². The van der Waals surface area contributed by atoms with Crippen LogP contribution in [0.1, 0.15) is 50.2 Å². The molecule has 1 heterocycles. The molecule has 1 aromatic heterocycles. The molecule has 0 aliphatic heterocycles. The Balaban J connectivity index is 1.73. The van der Waals surface area contributed by atoms with E-state index in [0.29, 0.717) is 17.4 Å². The van der Waals surface area contributed by atoms with Crippen LogP contribution in [0.4, 0.5) is 17.1 Å². The van der Waals surface area contributed by atoms with E-state index >= 15 is 0 Å². The van der Waals surface area contributed by atoms with Gasteiger partial charge < -0.3 is 31.1 Å². The van der Waals surface area contributed by atoms with Gasteiger partial charge in [0.05, 0.1) is 17.9 Å². The Hall–Kier alpha value is -3.88. The first kappa shape index (κ1) is 24.8. The van der Waals surface area contributed by atoms with Crippen molar-refractivity contribution in [2.24, 2.45) is 0 Å². The van der Waals surface area contributed by atoms with Crippen LogP contribution in [0, 0.1) is 17.7 Å². The smallest absolute Gasteiger partial charge is 0.341 e. The number of ether oxygens (including phenoxy) is 1. The fourth-order valence-electron chi connectivity index (χ4n) is 3.95. The molecule has 0 saturated heterocycles. The van der Waals surface area contributed by atoms with Crippen LogP contribution in [-0.4, -0.2) is 35.7 Å². The van der Waals surface area contributed by atoms with Crippen molar-refractivity contribution < 1.29 is 9.53 Å². The van der Waals surface area contributed by atoms with Crippen molar-refractivity contribution in [1.82, 2.24) is 4.98 Å². The van der Waals surface area contributed by atoms with Crippen molar-refractivity contribution >= 4 is 35.1 Å². The SMILES string of the molecule is CCOC(=O)/C(C=N)=C/Nc1ccc(NC(=N)c2c(NC3CCCCC3)cc[nH]c2=O)cc1C. The van der Waals surface area contributed by atoms with Crippen LogP contribution in [0.15, 0.2) is 47.0 Å². The topological polar surface area (TPSA) is 143 Å². The highest BCUT2D eigenvalue weighted by atomic mass is 16.5. The summed E-state index contributed by atoms with van der Waals surface area (Å²) in [7, 11) is 0. The van der Waals surface area contributed by atoms with Gasteiger partial charge in [-0.2, -0.15) is 0 Å². The molecule has 180 valence electrons. The minimum atomic E-state index is -0.569. The van der Waals surface area contributed by atoms with Gasteiger partial charge in [-0.25, -0.2) is 4.79 Å². The van der Waals surface area contributed by atoms with E-state index in [2.05, 4.69) is 20.9 Å². The van der Waals surface area contributed by atoms with Gasteiger partial charge in [0.25, 0.3) is 5.56 Å². The lowest BCUT2D eigenvalue weighted by Crippen LogP contribution is -2.29. The molecule has 3 rings (SSSR count). The summed E-state index contributed by atoms with van der Waals surface area (Å²) in [5.41, 5.74) is 2.96. The Kier molecular flexibility index (Phi) is 8.61. The summed E-state index contributed by atoms with van der Waals surface area (Å²) < 4.78 is 4.92. The lowest BCUT2D eigenvalue weighted by molar-refractivity contribution is -0.137. The molecule has 9 nitrogen and oxygen atoms in total. The van der Waals surface area contributed by atoms with Gasteiger partial charge in [-0.15, -0.1) is 0 Å². The number of hydrogen-bond acceptors (Lipinski definition) is 7. The number of esters is 1. The lowest BCUT2D eigenvalue weighted by Gasteiger charge is -2.25. The summed E-state index contributed by atoms with van der Waals surface area (Å²) in [5.74, 6) is -0.561. The molecule has 1 aromatic carbocycles. The van der Waals surface area contributed by atoms with Crippen LogP contribution in [0.3, 0.4) is 0 Å². The third-order valence-electron chi connectivity index (χ3n) is 5.72. The minimum absolute atomic E-state index is 0.00793. The fourth-order valence-corrected chi connectivity index (χ4v) is 3.95. The van der Waals surface area contributed by atoms with Gasteiger partial charge in [0.15, 0.2) is 0 Å². The number of aromatic amines is 1. The second kappa shape index (κ2) is 11.8. The number of hydrogen-bond donors (Lipinski definition) is 6. The molecule has 1 saturated carbocycles. The number of aryl methyl sites for hydroxylation is 1.